The molecule has 3 N–H and O–H groups in total. The van der Waals surface area contributed by atoms with E-state index in [1.165, 1.54) is 11.3 Å². The van der Waals surface area contributed by atoms with E-state index in [1.807, 2.05) is 24.3 Å². The largest absolute Gasteiger partial charge is 0.393 e. The topological polar surface area (TPSA) is 64.6 Å². The lowest BCUT2D eigenvalue weighted by atomic mass is 10.0. The van der Waals surface area contributed by atoms with Crippen molar-refractivity contribution in [3.05, 3.63) is 65.2 Å². The van der Waals surface area contributed by atoms with Crippen LogP contribution in [0.2, 0.25) is 0 Å². The van der Waals surface area contributed by atoms with Crippen molar-refractivity contribution >= 4 is 11.6 Å². The maximum Gasteiger partial charge on any atom is 0.251 e. The zero-order chi connectivity index (χ0) is 19.2. The van der Waals surface area contributed by atoms with E-state index in [4.69, 9.17) is 0 Å². The van der Waals surface area contributed by atoms with Crippen LogP contribution in [0.15, 0.2) is 48.5 Å². The lowest BCUT2D eigenvalue weighted by Crippen LogP contribution is -2.35. The molecule has 1 aliphatic heterocycles. The Balaban J connectivity index is 1.53. The summed E-state index contributed by atoms with van der Waals surface area (Å²) in [5, 5.41) is 15.8. The number of aliphatic hydroxyl groups excluding tert-OH is 1. The number of hydrogen-bond acceptors (Lipinski definition) is 4. The number of aliphatic hydroxyl groups is 1. The summed E-state index contributed by atoms with van der Waals surface area (Å²) in [6.07, 6.45) is 1.55. The Bertz CT molecular complexity index is 735. The zero-order valence-corrected chi connectivity index (χ0v) is 16.1. The molecule has 5 heteroatoms. The first-order chi connectivity index (χ1) is 13.1. The van der Waals surface area contributed by atoms with Crippen molar-refractivity contribution in [1.29, 1.82) is 0 Å². The van der Waals surface area contributed by atoms with Crippen molar-refractivity contribution < 1.29 is 9.90 Å². The van der Waals surface area contributed by atoms with Crippen LogP contribution in [-0.4, -0.2) is 37.3 Å². The second kappa shape index (κ2) is 9.02. The predicted molar refractivity (Wildman–Crippen MR) is 109 cm³/mol. The van der Waals surface area contributed by atoms with Crippen molar-refractivity contribution in [3.8, 4) is 0 Å². The van der Waals surface area contributed by atoms with Gasteiger partial charge in [0.25, 0.3) is 5.91 Å². The minimum absolute atomic E-state index is 0.0637. The van der Waals surface area contributed by atoms with E-state index < -0.39 is 0 Å². The molecule has 0 aliphatic carbocycles. The maximum absolute atomic E-state index is 11.6. The fraction of sp³-hybridized carbons (Fsp3) is 0.409. The SMILES string of the molecule is CNC(=O)c1ccc(CN[C@@H](C)c2ccc(N3CCC(O)CC3)cc2)cc1. The van der Waals surface area contributed by atoms with E-state index in [1.54, 1.807) is 7.05 Å². The fourth-order valence-electron chi connectivity index (χ4n) is 3.40. The third-order valence-corrected chi connectivity index (χ3v) is 5.28. The number of anilines is 1. The van der Waals surface area contributed by atoms with Gasteiger partial charge >= 0.3 is 0 Å². The molecular formula is C22H29N3O2. The predicted octanol–water partition coefficient (Wildman–Crippen LogP) is 2.86. The highest BCUT2D eigenvalue weighted by atomic mass is 16.3. The third kappa shape index (κ3) is 5.08. The number of nitrogens with one attached hydrogen (secondary N) is 2. The number of benzene rings is 2. The Morgan fingerprint density at radius 3 is 2.33 bits per heavy atom. The first-order valence-corrected chi connectivity index (χ1v) is 9.64. The van der Waals surface area contributed by atoms with Crippen LogP contribution in [0.3, 0.4) is 0 Å². The molecule has 1 fully saturated rings. The maximum atomic E-state index is 11.6. The van der Waals surface area contributed by atoms with Crippen LogP contribution in [0.1, 0.15) is 47.3 Å². The van der Waals surface area contributed by atoms with E-state index in [0.29, 0.717) is 5.56 Å². The molecule has 3 rings (SSSR count). The average molecular weight is 367 g/mol. The molecule has 1 saturated heterocycles. The summed E-state index contributed by atoms with van der Waals surface area (Å²) >= 11 is 0. The lowest BCUT2D eigenvalue weighted by Gasteiger charge is -2.31. The number of nitrogens with zero attached hydrogens (tertiary/aromatic N) is 1. The number of hydrogen-bond donors (Lipinski definition) is 3. The molecule has 0 saturated carbocycles. The molecule has 2 aromatic carbocycles. The molecule has 2 aromatic rings. The lowest BCUT2D eigenvalue weighted by molar-refractivity contribution is 0.0963. The molecule has 1 atom stereocenters. The molecule has 0 unspecified atom stereocenters. The van der Waals surface area contributed by atoms with E-state index in [-0.39, 0.29) is 18.1 Å². The Hall–Kier alpha value is -2.37. The molecular weight excluding hydrogens is 338 g/mol. The normalized spacial score (nSPS) is 16.2. The van der Waals surface area contributed by atoms with Gasteiger partial charge in [-0.2, -0.15) is 0 Å². The summed E-state index contributed by atoms with van der Waals surface area (Å²) in [5.74, 6) is -0.0637. The summed E-state index contributed by atoms with van der Waals surface area (Å²) < 4.78 is 0. The van der Waals surface area contributed by atoms with Crippen LogP contribution in [0.4, 0.5) is 5.69 Å². The Morgan fingerprint density at radius 2 is 1.74 bits per heavy atom. The summed E-state index contributed by atoms with van der Waals surface area (Å²) in [5.41, 5.74) is 4.30. The first kappa shape index (κ1) is 19.4. The summed E-state index contributed by atoms with van der Waals surface area (Å²) in [4.78, 5) is 13.9. The first-order valence-electron chi connectivity index (χ1n) is 9.64. The summed E-state index contributed by atoms with van der Waals surface area (Å²) in [7, 11) is 1.64. The number of rotatable bonds is 6. The van der Waals surface area contributed by atoms with Gasteiger partial charge < -0.3 is 20.6 Å². The minimum Gasteiger partial charge on any atom is -0.393 e. The van der Waals surface area contributed by atoms with Crippen molar-refractivity contribution in [3.63, 3.8) is 0 Å². The van der Waals surface area contributed by atoms with Gasteiger partial charge in [-0.25, -0.2) is 0 Å². The van der Waals surface area contributed by atoms with Crippen molar-refractivity contribution in [2.45, 2.75) is 38.5 Å². The van der Waals surface area contributed by atoms with Gasteiger partial charge in [-0.15, -0.1) is 0 Å². The van der Waals surface area contributed by atoms with Gasteiger partial charge in [0.2, 0.25) is 0 Å². The van der Waals surface area contributed by atoms with Crippen LogP contribution >= 0.6 is 0 Å². The van der Waals surface area contributed by atoms with Crippen LogP contribution in [0.25, 0.3) is 0 Å². The Kier molecular flexibility index (Phi) is 6.48. The monoisotopic (exact) mass is 367 g/mol. The van der Waals surface area contributed by atoms with Crippen molar-refractivity contribution in [2.75, 3.05) is 25.0 Å². The van der Waals surface area contributed by atoms with Gasteiger partial charge in [0, 0.05) is 44.0 Å². The highest BCUT2D eigenvalue weighted by Crippen LogP contribution is 2.23. The fourth-order valence-corrected chi connectivity index (χ4v) is 3.40. The zero-order valence-electron chi connectivity index (χ0n) is 16.1. The van der Waals surface area contributed by atoms with E-state index in [2.05, 4.69) is 46.7 Å². The van der Waals surface area contributed by atoms with E-state index in [0.717, 1.165) is 38.0 Å². The van der Waals surface area contributed by atoms with Crippen LogP contribution in [0, 0.1) is 0 Å². The average Bonchev–Trinajstić information content (AvgIpc) is 2.72. The molecule has 1 aliphatic rings. The van der Waals surface area contributed by atoms with Gasteiger partial charge in [0.1, 0.15) is 0 Å². The van der Waals surface area contributed by atoms with Gasteiger partial charge in [-0.05, 0) is 55.2 Å². The van der Waals surface area contributed by atoms with Crippen molar-refractivity contribution in [2.24, 2.45) is 0 Å². The molecule has 1 heterocycles. The van der Waals surface area contributed by atoms with Gasteiger partial charge in [-0.1, -0.05) is 24.3 Å². The van der Waals surface area contributed by atoms with Crippen LogP contribution in [0.5, 0.6) is 0 Å². The highest BCUT2D eigenvalue weighted by Gasteiger charge is 2.17. The molecule has 0 radical (unpaired) electrons. The quantitative estimate of drug-likeness (QED) is 0.735. The highest BCUT2D eigenvalue weighted by molar-refractivity contribution is 5.93. The molecule has 1 amide bonds. The molecule has 0 spiro atoms. The number of carbonyl (C=O) groups is 1. The minimum atomic E-state index is -0.143. The number of carbonyl (C=O) groups excluding carboxylic acids is 1. The molecule has 144 valence electrons. The van der Waals surface area contributed by atoms with Gasteiger partial charge in [0.15, 0.2) is 0 Å². The van der Waals surface area contributed by atoms with Crippen molar-refractivity contribution in [1.82, 2.24) is 10.6 Å². The Morgan fingerprint density at radius 1 is 1.11 bits per heavy atom. The number of piperidine rings is 1. The Labute approximate surface area is 161 Å². The number of amides is 1. The second-order valence-corrected chi connectivity index (χ2v) is 7.19. The summed E-state index contributed by atoms with van der Waals surface area (Å²) in [6.45, 7) is 4.74. The second-order valence-electron chi connectivity index (χ2n) is 7.19. The molecule has 27 heavy (non-hydrogen) atoms. The summed E-state index contributed by atoms with van der Waals surface area (Å²) in [6, 6.07) is 16.6. The van der Waals surface area contributed by atoms with E-state index >= 15 is 0 Å². The molecule has 0 bridgehead atoms. The standard InChI is InChI=1S/C22H29N3O2/c1-16(24-15-17-3-5-19(6-4-17)22(27)23-2)18-7-9-20(10-8-18)25-13-11-21(26)12-14-25/h3-10,16,21,24,26H,11-15H2,1-2H3,(H,23,27)/t16-/m0/s1. The van der Waals surface area contributed by atoms with Gasteiger partial charge in [0.05, 0.1) is 6.10 Å². The van der Waals surface area contributed by atoms with Crippen LogP contribution in [-0.2, 0) is 6.54 Å². The third-order valence-electron chi connectivity index (χ3n) is 5.28. The van der Waals surface area contributed by atoms with Gasteiger partial charge in [-0.3, -0.25) is 4.79 Å². The smallest absolute Gasteiger partial charge is 0.251 e. The van der Waals surface area contributed by atoms with E-state index in [9.17, 15) is 9.90 Å². The molecule has 0 aromatic heterocycles. The molecule has 5 nitrogen and oxygen atoms in total. The van der Waals surface area contributed by atoms with Crippen LogP contribution < -0.4 is 15.5 Å².